The fourth-order valence-electron chi connectivity index (χ4n) is 7.18. The maximum absolute atomic E-state index is 14.1. The summed E-state index contributed by atoms with van der Waals surface area (Å²) in [6.45, 7) is 12.4. The van der Waals surface area contributed by atoms with E-state index in [2.05, 4.69) is 36.7 Å². The van der Waals surface area contributed by atoms with Crippen molar-refractivity contribution in [2.24, 2.45) is 34.3 Å². The van der Waals surface area contributed by atoms with E-state index in [4.69, 9.17) is 5.73 Å². The number of carbonyl (C=O) groups is 5. The number of hydrogen-bond donors (Lipinski definition) is 4. The third-order valence-corrected chi connectivity index (χ3v) is 10.2. The number of hydrogen-bond acceptors (Lipinski definition) is 5. The summed E-state index contributed by atoms with van der Waals surface area (Å²) in [6.07, 6.45) is 8.24. The van der Waals surface area contributed by atoms with Crippen LogP contribution in [0.4, 0.5) is 4.79 Å². The summed E-state index contributed by atoms with van der Waals surface area (Å²) in [7, 11) is 0. The number of urea groups is 1. The molecule has 1 aliphatic heterocycles. The summed E-state index contributed by atoms with van der Waals surface area (Å²) in [4.78, 5) is 67.0. The molecule has 5 amide bonds. The lowest BCUT2D eigenvalue weighted by molar-refractivity contribution is -0.145. The fraction of sp³-hybridized carbons (Fsp3) is 0.833. The summed E-state index contributed by atoms with van der Waals surface area (Å²) >= 11 is 0. The second-order valence-electron chi connectivity index (χ2n) is 14.4. The number of Topliss-reactive ketones (excluding diaryl/α,β-unsaturated/α-hetero) is 1. The smallest absolute Gasteiger partial charge is 0.315 e. The zero-order chi connectivity index (χ0) is 29.6. The third kappa shape index (κ3) is 6.15. The zero-order valence-electron chi connectivity index (χ0n) is 25.1. The van der Waals surface area contributed by atoms with Gasteiger partial charge in [0.25, 0.3) is 5.91 Å². The standard InChI is InChI=1S/C30H49N5O5/c1-7-30(13-9-8-10-14-30)34-27(40)33-23(28(2,3)4)26(39)35-16-18-20(29(18,5)6)21(35)25(38)32-19(15-17-11-12-17)22(36)24(31)37/h17-21,23H,7-16H2,1-6H3,(H2,31,37)(H,32,38)(H2,33,34,40)/t18?,19?,20?,21?,23-/m1/s1. The van der Waals surface area contributed by atoms with E-state index in [0.717, 1.165) is 51.4 Å². The largest absolute Gasteiger partial charge is 0.363 e. The Hall–Kier alpha value is -2.65. The van der Waals surface area contributed by atoms with E-state index >= 15 is 0 Å². The molecule has 0 aromatic heterocycles. The molecular formula is C30H49N5O5. The van der Waals surface area contributed by atoms with E-state index in [-0.39, 0.29) is 40.6 Å². The van der Waals surface area contributed by atoms with Gasteiger partial charge in [0.15, 0.2) is 0 Å². The van der Waals surface area contributed by atoms with E-state index in [1.165, 1.54) is 0 Å². The maximum atomic E-state index is 14.1. The normalized spacial score (nSPS) is 28.1. The van der Waals surface area contributed by atoms with Crippen LogP contribution in [0.15, 0.2) is 0 Å². The van der Waals surface area contributed by atoms with Crippen molar-refractivity contribution >= 4 is 29.5 Å². The van der Waals surface area contributed by atoms with Gasteiger partial charge in [-0.2, -0.15) is 0 Å². The summed E-state index contributed by atoms with van der Waals surface area (Å²) in [5.41, 5.74) is 4.28. The average molecular weight is 560 g/mol. The quantitative estimate of drug-likeness (QED) is 0.304. The van der Waals surface area contributed by atoms with Crippen molar-refractivity contribution in [3.8, 4) is 0 Å². The van der Waals surface area contributed by atoms with E-state index in [9.17, 15) is 24.0 Å². The Balaban J connectivity index is 1.52. The molecule has 10 heteroatoms. The highest BCUT2D eigenvalue weighted by Crippen LogP contribution is 2.65. The topological polar surface area (TPSA) is 151 Å². The Morgan fingerprint density at radius 1 is 1.00 bits per heavy atom. The van der Waals surface area contributed by atoms with Crippen LogP contribution in [-0.4, -0.2) is 64.6 Å². The lowest BCUT2D eigenvalue weighted by Gasteiger charge is -2.40. The van der Waals surface area contributed by atoms with Crippen molar-refractivity contribution in [1.82, 2.24) is 20.9 Å². The lowest BCUT2D eigenvalue weighted by atomic mass is 9.80. The van der Waals surface area contributed by atoms with Gasteiger partial charge in [0.1, 0.15) is 12.1 Å². The van der Waals surface area contributed by atoms with Crippen molar-refractivity contribution in [2.75, 3.05) is 6.54 Å². The van der Waals surface area contributed by atoms with Gasteiger partial charge >= 0.3 is 6.03 Å². The molecule has 3 saturated carbocycles. The predicted molar refractivity (Wildman–Crippen MR) is 151 cm³/mol. The fourth-order valence-corrected chi connectivity index (χ4v) is 7.18. The van der Waals surface area contributed by atoms with Crippen LogP contribution in [0.1, 0.15) is 99.3 Å². The van der Waals surface area contributed by atoms with Crippen LogP contribution < -0.4 is 21.7 Å². The molecule has 4 unspecified atom stereocenters. The van der Waals surface area contributed by atoms with Gasteiger partial charge in [-0.1, -0.05) is 73.6 Å². The summed E-state index contributed by atoms with van der Waals surface area (Å²) in [6, 6.07) is -2.99. The molecule has 0 aromatic carbocycles. The first kappa shape index (κ1) is 30.3. The first-order chi connectivity index (χ1) is 18.6. The van der Waals surface area contributed by atoms with Gasteiger partial charge < -0.3 is 26.6 Å². The molecule has 3 aliphatic carbocycles. The van der Waals surface area contributed by atoms with E-state index in [1.54, 1.807) is 4.90 Å². The maximum Gasteiger partial charge on any atom is 0.315 e. The highest BCUT2D eigenvalue weighted by molar-refractivity contribution is 6.37. The van der Waals surface area contributed by atoms with Crippen LogP contribution in [-0.2, 0) is 19.2 Å². The number of likely N-dealkylation sites (tertiary alicyclic amines) is 1. The number of piperidine rings is 1. The van der Waals surface area contributed by atoms with Crippen molar-refractivity contribution in [2.45, 2.75) is 123 Å². The third-order valence-electron chi connectivity index (χ3n) is 10.2. The van der Waals surface area contributed by atoms with Crippen LogP contribution in [0.2, 0.25) is 0 Å². The van der Waals surface area contributed by atoms with Gasteiger partial charge in [0.2, 0.25) is 17.6 Å². The molecule has 0 aromatic rings. The van der Waals surface area contributed by atoms with Crippen LogP contribution in [0.3, 0.4) is 0 Å². The average Bonchev–Trinajstić information content (AvgIpc) is 3.73. The molecule has 1 heterocycles. The van der Waals surface area contributed by atoms with E-state index in [0.29, 0.717) is 13.0 Å². The number of ketones is 1. The molecule has 5 atom stereocenters. The molecule has 224 valence electrons. The number of nitrogens with two attached hydrogens (primary N) is 1. The Kier molecular flexibility index (Phi) is 8.31. The Morgan fingerprint density at radius 3 is 2.15 bits per heavy atom. The Bertz CT molecular complexity index is 1040. The molecule has 5 N–H and O–H groups in total. The Labute approximate surface area is 238 Å². The minimum absolute atomic E-state index is 0.0678. The number of fused-ring (bicyclic) bond motifs is 1. The summed E-state index contributed by atoms with van der Waals surface area (Å²) in [5.74, 6) is -2.26. The van der Waals surface area contributed by atoms with Gasteiger partial charge in [-0.25, -0.2) is 4.79 Å². The molecule has 4 fully saturated rings. The monoisotopic (exact) mass is 559 g/mol. The van der Waals surface area contributed by atoms with Gasteiger partial charge in [0, 0.05) is 12.1 Å². The molecule has 0 spiro atoms. The second kappa shape index (κ2) is 11.0. The van der Waals surface area contributed by atoms with Crippen LogP contribution in [0.25, 0.3) is 0 Å². The van der Waals surface area contributed by atoms with Gasteiger partial charge in [-0.05, 0) is 54.3 Å². The highest BCUT2D eigenvalue weighted by Gasteiger charge is 2.70. The molecule has 10 nitrogen and oxygen atoms in total. The number of rotatable bonds is 10. The number of primary amides is 1. The predicted octanol–water partition coefficient (Wildman–Crippen LogP) is 2.64. The molecule has 0 bridgehead atoms. The minimum atomic E-state index is -1.07. The molecule has 0 radical (unpaired) electrons. The van der Waals surface area contributed by atoms with Gasteiger partial charge in [0.05, 0.1) is 6.04 Å². The lowest BCUT2D eigenvalue weighted by Crippen LogP contribution is -2.63. The number of nitrogens with zero attached hydrogens (tertiary/aromatic N) is 1. The van der Waals surface area contributed by atoms with Crippen LogP contribution in [0, 0.1) is 28.6 Å². The van der Waals surface area contributed by atoms with Crippen LogP contribution >= 0.6 is 0 Å². The minimum Gasteiger partial charge on any atom is -0.363 e. The van der Waals surface area contributed by atoms with Crippen molar-refractivity contribution < 1.29 is 24.0 Å². The molecule has 1 saturated heterocycles. The summed E-state index contributed by atoms with van der Waals surface area (Å²) in [5, 5.41) is 8.95. The van der Waals surface area contributed by atoms with E-state index < -0.39 is 41.1 Å². The van der Waals surface area contributed by atoms with Crippen molar-refractivity contribution in [3.05, 3.63) is 0 Å². The number of carbonyl (C=O) groups excluding carboxylic acids is 5. The summed E-state index contributed by atoms with van der Waals surface area (Å²) < 4.78 is 0. The first-order valence-electron chi connectivity index (χ1n) is 15.1. The Morgan fingerprint density at radius 2 is 1.62 bits per heavy atom. The van der Waals surface area contributed by atoms with Gasteiger partial charge in [-0.3, -0.25) is 19.2 Å². The van der Waals surface area contributed by atoms with Gasteiger partial charge in [-0.15, -0.1) is 0 Å². The highest BCUT2D eigenvalue weighted by atomic mass is 16.2. The first-order valence-corrected chi connectivity index (χ1v) is 15.1. The molecular weight excluding hydrogens is 510 g/mol. The zero-order valence-corrected chi connectivity index (χ0v) is 25.1. The SMILES string of the molecule is CCC1(NC(=O)N[C@H](C(=O)N2CC3C(C2C(=O)NC(CC2CC2)C(=O)C(N)=O)C3(C)C)C(C)(C)C)CCCCC1. The molecule has 40 heavy (non-hydrogen) atoms. The molecule has 4 rings (SSSR count). The molecule has 4 aliphatic rings. The second-order valence-corrected chi connectivity index (χ2v) is 14.4. The number of nitrogens with one attached hydrogen (secondary N) is 3. The van der Waals surface area contributed by atoms with Crippen LogP contribution in [0.5, 0.6) is 0 Å². The number of amides is 5. The van der Waals surface area contributed by atoms with Crippen molar-refractivity contribution in [1.29, 1.82) is 0 Å². The van der Waals surface area contributed by atoms with Crippen molar-refractivity contribution in [3.63, 3.8) is 0 Å². The van der Waals surface area contributed by atoms with E-state index in [1.807, 2.05) is 20.8 Å².